The van der Waals surface area contributed by atoms with Crippen molar-refractivity contribution in [2.24, 2.45) is 0 Å². The van der Waals surface area contributed by atoms with Crippen molar-refractivity contribution in [1.29, 1.82) is 0 Å². The molecule has 0 saturated carbocycles. The Balaban J connectivity index is 0.000000152. The van der Waals surface area contributed by atoms with Gasteiger partial charge in [-0.1, -0.05) is 47.4 Å². The Hall–Kier alpha value is -5.05. The van der Waals surface area contributed by atoms with E-state index in [1.807, 2.05) is 42.6 Å². The number of nitrogens with zero attached hydrogens (tertiary/aromatic N) is 6. The molecule has 9 heteroatoms. The van der Waals surface area contributed by atoms with Crippen LogP contribution in [-0.4, -0.2) is 29.2 Å². The standard InChI is InChI=1S/C14H8ClN3.C14H7F2N3/c15-13-4-2-1-3-12(13)7-5-11-6-8-14-16-10-17-18(14)9-11;15-12-5-3-10(7-13(12)16)1-2-11-4-6-14-17-9-18-19(14)8-11/h1-4,6,8-10H;3-9H. The third-order valence-electron chi connectivity index (χ3n) is 5.03. The van der Waals surface area contributed by atoms with E-state index in [2.05, 4.69) is 43.8 Å². The molecule has 0 aliphatic carbocycles. The molecule has 37 heavy (non-hydrogen) atoms. The van der Waals surface area contributed by atoms with Crippen LogP contribution in [0.3, 0.4) is 0 Å². The van der Waals surface area contributed by atoms with Crippen LogP contribution in [0.25, 0.3) is 11.3 Å². The van der Waals surface area contributed by atoms with E-state index in [4.69, 9.17) is 11.6 Å². The molecule has 0 aliphatic heterocycles. The maximum Gasteiger partial charge on any atom is 0.160 e. The van der Waals surface area contributed by atoms with Gasteiger partial charge in [0.25, 0.3) is 0 Å². The van der Waals surface area contributed by atoms with Crippen molar-refractivity contribution < 1.29 is 8.78 Å². The molecule has 0 amide bonds. The van der Waals surface area contributed by atoms with Gasteiger partial charge in [0.15, 0.2) is 22.9 Å². The molecule has 0 bridgehead atoms. The fourth-order valence-corrected chi connectivity index (χ4v) is 3.38. The number of pyridine rings is 2. The molecule has 0 radical (unpaired) electrons. The number of hydrogen-bond donors (Lipinski definition) is 0. The van der Waals surface area contributed by atoms with Gasteiger partial charge in [-0.25, -0.2) is 27.8 Å². The molecule has 0 aliphatic rings. The zero-order chi connectivity index (χ0) is 25.6. The van der Waals surface area contributed by atoms with E-state index < -0.39 is 11.6 Å². The molecule has 6 aromatic rings. The maximum atomic E-state index is 13.0. The second-order valence-corrected chi connectivity index (χ2v) is 7.98. The number of rotatable bonds is 0. The van der Waals surface area contributed by atoms with E-state index in [1.165, 1.54) is 18.7 Å². The highest BCUT2D eigenvalue weighted by atomic mass is 35.5. The molecule has 6 nitrogen and oxygen atoms in total. The Bertz CT molecular complexity index is 1850. The quantitative estimate of drug-likeness (QED) is 0.265. The molecule has 0 saturated heterocycles. The molecular formula is C28H15ClF2N6. The average Bonchev–Trinajstić information content (AvgIpc) is 3.58. The van der Waals surface area contributed by atoms with Crippen molar-refractivity contribution >= 4 is 22.9 Å². The van der Waals surface area contributed by atoms with Crippen molar-refractivity contribution in [3.8, 4) is 23.7 Å². The van der Waals surface area contributed by atoms with Gasteiger partial charge >= 0.3 is 0 Å². The molecule has 4 aromatic heterocycles. The first-order valence-electron chi connectivity index (χ1n) is 10.9. The second-order valence-electron chi connectivity index (χ2n) is 7.57. The Morgan fingerprint density at radius 1 is 0.622 bits per heavy atom. The number of hydrogen-bond acceptors (Lipinski definition) is 4. The summed E-state index contributed by atoms with van der Waals surface area (Å²) in [6, 6.07) is 18.4. The minimum Gasteiger partial charge on any atom is -0.220 e. The maximum absolute atomic E-state index is 13.0. The molecule has 0 spiro atoms. The van der Waals surface area contributed by atoms with Gasteiger partial charge in [-0.3, -0.25) is 0 Å². The molecule has 0 N–H and O–H groups in total. The van der Waals surface area contributed by atoms with E-state index in [9.17, 15) is 8.78 Å². The molecule has 4 heterocycles. The van der Waals surface area contributed by atoms with E-state index >= 15 is 0 Å². The Kier molecular flexibility index (Phi) is 6.84. The number of fused-ring (bicyclic) bond motifs is 2. The molecule has 0 fully saturated rings. The van der Waals surface area contributed by atoms with Crippen LogP contribution in [0.4, 0.5) is 8.78 Å². The fourth-order valence-electron chi connectivity index (χ4n) is 3.20. The SMILES string of the molecule is Clc1ccccc1C#Cc1ccc2ncnn2c1.Fc1ccc(C#Cc2ccc3ncnn3c2)cc1F. The molecule has 6 rings (SSSR count). The van der Waals surface area contributed by atoms with E-state index in [0.29, 0.717) is 16.1 Å². The highest BCUT2D eigenvalue weighted by Gasteiger charge is 2.00. The Morgan fingerprint density at radius 2 is 1.19 bits per heavy atom. The number of halogens is 3. The zero-order valence-electron chi connectivity index (χ0n) is 19.0. The predicted molar refractivity (Wildman–Crippen MR) is 136 cm³/mol. The Labute approximate surface area is 215 Å². The monoisotopic (exact) mass is 508 g/mol. The van der Waals surface area contributed by atoms with Gasteiger partial charge in [-0.2, -0.15) is 10.2 Å². The van der Waals surface area contributed by atoms with Crippen LogP contribution in [0.5, 0.6) is 0 Å². The van der Waals surface area contributed by atoms with Gasteiger partial charge in [0.1, 0.15) is 12.7 Å². The summed E-state index contributed by atoms with van der Waals surface area (Å²) >= 11 is 6.04. The van der Waals surface area contributed by atoms with Crippen LogP contribution in [0.15, 0.2) is 91.8 Å². The lowest BCUT2D eigenvalue weighted by molar-refractivity contribution is 0.508. The third-order valence-corrected chi connectivity index (χ3v) is 5.36. The first kappa shape index (κ1) is 23.7. The smallest absolute Gasteiger partial charge is 0.160 e. The van der Waals surface area contributed by atoms with Gasteiger partial charge in [0.05, 0.1) is 5.02 Å². The second kappa shape index (κ2) is 10.7. The zero-order valence-corrected chi connectivity index (χ0v) is 19.7. The number of benzene rings is 2. The van der Waals surface area contributed by atoms with Crippen LogP contribution >= 0.6 is 11.6 Å². The van der Waals surface area contributed by atoms with E-state index in [0.717, 1.165) is 34.6 Å². The fraction of sp³-hybridized carbons (Fsp3) is 0. The van der Waals surface area contributed by atoms with E-state index in [-0.39, 0.29) is 0 Å². The van der Waals surface area contributed by atoms with Crippen LogP contribution in [0.2, 0.25) is 5.02 Å². The summed E-state index contributed by atoms with van der Waals surface area (Å²) < 4.78 is 29.0. The first-order chi connectivity index (χ1) is 18.0. The lowest BCUT2D eigenvalue weighted by atomic mass is 10.2. The van der Waals surface area contributed by atoms with Gasteiger partial charge in [-0.15, -0.1) is 0 Å². The minimum absolute atomic E-state index is 0.414. The van der Waals surface area contributed by atoms with Crippen molar-refractivity contribution in [3.05, 3.63) is 131 Å². The summed E-state index contributed by atoms with van der Waals surface area (Å²) in [4.78, 5) is 8.09. The van der Waals surface area contributed by atoms with Crippen LogP contribution in [-0.2, 0) is 0 Å². The largest absolute Gasteiger partial charge is 0.220 e. The minimum atomic E-state index is -0.904. The van der Waals surface area contributed by atoms with Gasteiger partial charge in [0, 0.05) is 34.6 Å². The van der Waals surface area contributed by atoms with Crippen LogP contribution in [0, 0.1) is 35.3 Å². The summed E-state index contributed by atoms with van der Waals surface area (Å²) in [5.41, 5.74) is 4.34. The van der Waals surface area contributed by atoms with Crippen molar-refractivity contribution in [2.75, 3.05) is 0 Å². The summed E-state index contributed by atoms with van der Waals surface area (Å²) in [6.45, 7) is 0. The lowest BCUT2D eigenvalue weighted by Gasteiger charge is -1.94. The summed E-state index contributed by atoms with van der Waals surface area (Å²) in [5.74, 6) is 9.95. The summed E-state index contributed by atoms with van der Waals surface area (Å²) in [7, 11) is 0. The topological polar surface area (TPSA) is 60.4 Å². The molecule has 178 valence electrons. The molecule has 2 aromatic carbocycles. The third kappa shape index (κ3) is 5.79. The highest BCUT2D eigenvalue weighted by molar-refractivity contribution is 6.31. The summed E-state index contributed by atoms with van der Waals surface area (Å²) in [6.07, 6.45) is 6.52. The van der Waals surface area contributed by atoms with Crippen molar-refractivity contribution in [1.82, 2.24) is 29.2 Å². The number of aromatic nitrogens is 6. The Morgan fingerprint density at radius 3 is 1.81 bits per heavy atom. The van der Waals surface area contributed by atoms with Crippen molar-refractivity contribution in [2.45, 2.75) is 0 Å². The molecule has 0 atom stereocenters. The van der Waals surface area contributed by atoms with Gasteiger partial charge < -0.3 is 0 Å². The first-order valence-corrected chi connectivity index (χ1v) is 11.3. The molecular weight excluding hydrogens is 494 g/mol. The normalized spacial score (nSPS) is 10.1. The predicted octanol–water partition coefficient (Wildman–Crippen LogP) is 5.19. The van der Waals surface area contributed by atoms with Gasteiger partial charge in [-0.05, 0) is 54.6 Å². The van der Waals surface area contributed by atoms with Crippen molar-refractivity contribution in [3.63, 3.8) is 0 Å². The average molecular weight is 509 g/mol. The van der Waals surface area contributed by atoms with Gasteiger partial charge in [0.2, 0.25) is 0 Å². The highest BCUT2D eigenvalue weighted by Crippen LogP contribution is 2.13. The lowest BCUT2D eigenvalue weighted by Crippen LogP contribution is -1.88. The van der Waals surface area contributed by atoms with E-state index in [1.54, 1.807) is 27.4 Å². The molecule has 0 unspecified atom stereocenters. The van der Waals surface area contributed by atoms with Crippen LogP contribution < -0.4 is 0 Å². The summed E-state index contributed by atoms with van der Waals surface area (Å²) in [5, 5.41) is 8.71. The van der Waals surface area contributed by atoms with Crippen LogP contribution in [0.1, 0.15) is 22.3 Å².